The number of rotatable bonds is 4. The van der Waals surface area contributed by atoms with Gasteiger partial charge >= 0.3 is 5.97 Å². The van der Waals surface area contributed by atoms with E-state index < -0.39 is 5.97 Å². The van der Waals surface area contributed by atoms with E-state index in [0.717, 1.165) is 43.1 Å². The van der Waals surface area contributed by atoms with Gasteiger partial charge in [-0.15, -0.1) is 0 Å². The zero-order valence-corrected chi connectivity index (χ0v) is 19.6. The third-order valence-corrected chi connectivity index (χ3v) is 6.56. The maximum absolute atomic E-state index is 12.7. The lowest BCUT2D eigenvalue weighted by molar-refractivity contribution is -0.129. The number of hydrogen-bond acceptors (Lipinski definition) is 5. The van der Waals surface area contributed by atoms with Crippen LogP contribution in [0.25, 0.3) is 17.0 Å². The maximum Gasteiger partial charge on any atom is 0.363 e. The highest BCUT2D eigenvalue weighted by Gasteiger charge is 2.25. The highest BCUT2D eigenvalue weighted by Crippen LogP contribution is 2.34. The van der Waals surface area contributed by atoms with Gasteiger partial charge in [0.15, 0.2) is 5.70 Å². The first-order chi connectivity index (χ1) is 16.0. The van der Waals surface area contributed by atoms with Crippen molar-refractivity contribution in [1.29, 1.82) is 0 Å². The van der Waals surface area contributed by atoms with Gasteiger partial charge in [0.05, 0.1) is 5.52 Å². The number of fused-ring (bicyclic) bond motifs is 1. The Kier molecular flexibility index (Phi) is 5.75. The standard InChI is InChI=1S/C27H19ClN2O2S/c1-16-7-12-23-18(13-16)14-19(26(30-23)33-21-10-8-20(28)9-11-21)15-24-27(31)32-25(29-24)22-6-4-3-5-17(22)2/h3-15H,1-2H3/b24-15+. The molecule has 0 atom stereocenters. The fourth-order valence-electron chi connectivity index (χ4n) is 3.58. The van der Waals surface area contributed by atoms with E-state index in [0.29, 0.717) is 10.9 Å². The van der Waals surface area contributed by atoms with E-state index in [9.17, 15) is 4.79 Å². The smallest absolute Gasteiger partial charge is 0.363 e. The van der Waals surface area contributed by atoms with Crippen LogP contribution in [0.15, 0.2) is 93.4 Å². The molecular formula is C27H19ClN2O2S. The Morgan fingerprint density at radius 3 is 2.55 bits per heavy atom. The highest BCUT2D eigenvalue weighted by molar-refractivity contribution is 7.99. The quantitative estimate of drug-likeness (QED) is 0.238. The second kappa shape index (κ2) is 8.85. The molecule has 4 nitrogen and oxygen atoms in total. The number of aromatic nitrogens is 1. The van der Waals surface area contributed by atoms with Crippen molar-refractivity contribution in [2.45, 2.75) is 23.8 Å². The summed E-state index contributed by atoms with van der Waals surface area (Å²) in [5, 5.41) is 2.45. The van der Waals surface area contributed by atoms with Crippen molar-refractivity contribution in [3.05, 3.63) is 106 Å². The Balaban J connectivity index is 1.61. The van der Waals surface area contributed by atoms with E-state index >= 15 is 0 Å². The second-order valence-corrected chi connectivity index (χ2v) is 9.28. The minimum Gasteiger partial charge on any atom is -0.402 e. The van der Waals surface area contributed by atoms with E-state index in [-0.39, 0.29) is 5.70 Å². The number of carbonyl (C=O) groups excluding carboxylic acids is 1. The third kappa shape index (κ3) is 4.56. The highest BCUT2D eigenvalue weighted by atomic mass is 35.5. The average Bonchev–Trinajstić information content (AvgIpc) is 3.16. The number of esters is 1. The zero-order valence-electron chi connectivity index (χ0n) is 18.0. The molecule has 33 heavy (non-hydrogen) atoms. The molecule has 0 radical (unpaired) electrons. The lowest BCUT2D eigenvalue weighted by Crippen LogP contribution is -2.06. The molecule has 0 saturated carbocycles. The molecule has 1 aromatic heterocycles. The molecule has 2 heterocycles. The SMILES string of the molecule is Cc1ccc2nc(Sc3ccc(Cl)cc3)c(/C=C3/N=C(c4ccccc4C)OC3=O)cc2c1. The van der Waals surface area contributed by atoms with Crippen molar-refractivity contribution in [2.75, 3.05) is 0 Å². The van der Waals surface area contributed by atoms with Gasteiger partial charge in [-0.05, 0) is 74.0 Å². The van der Waals surface area contributed by atoms with Crippen LogP contribution in [0.1, 0.15) is 22.3 Å². The summed E-state index contributed by atoms with van der Waals surface area (Å²) in [5.41, 5.74) is 4.87. The van der Waals surface area contributed by atoms with E-state index in [1.54, 1.807) is 6.08 Å². The van der Waals surface area contributed by atoms with Crippen molar-refractivity contribution < 1.29 is 9.53 Å². The Morgan fingerprint density at radius 1 is 0.970 bits per heavy atom. The molecule has 5 rings (SSSR count). The van der Waals surface area contributed by atoms with Gasteiger partial charge in [-0.1, -0.05) is 53.2 Å². The van der Waals surface area contributed by atoms with E-state index in [1.165, 1.54) is 11.8 Å². The van der Waals surface area contributed by atoms with Gasteiger partial charge in [0.2, 0.25) is 5.90 Å². The Hall–Kier alpha value is -3.41. The molecule has 4 aromatic rings. The molecule has 1 aliphatic heterocycles. The summed E-state index contributed by atoms with van der Waals surface area (Å²) in [7, 11) is 0. The predicted octanol–water partition coefficient (Wildman–Crippen LogP) is 7.00. The number of carbonyl (C=O) groups is 1. The molecule has 1 aliphatic rings. The predicted molar refractivity (Wildman–Crippen MR) is 134 cm³/mol. The molecule has 0 N–H and O–H groups in total. The van der Waals surface area contributed by atoms with Crippen LogP contribution in [0, 0.1) is 13.8 Å². The lowest BCUT2D eigenvalue weighted by Gasteiger charge is -2.09. The summed E-state index contributed by atoms with van der Waals surface area (Å²) in [5.74, 6) is -0.152. The fourth-order valence-corrected chi connectivity index (χ4v) is 4.58. The van der Waals surface area contributed by atoms with Crippen molar-refractivity contribution in [2.24, 2.45) is 4.99 Å². The Morgan fingerprint density at radius 2 is 1.76 bits per heavy atom. The molecule has 0 fully saturated rings. The fraction of sp³-hybridized carbons (Fsp3) is 0.0741. The average molecular weight is 471 g/mol. The number of halogens is 1. The molecule has 6 heteroatoms. The first-order valence-electron chi connectivity index (χ1n) is 10.4. The number of pyridine rings is 1. The van der Waals surface area contributed by atoms with Crippen LogP contribution in [0.3, 0.4) is 0 Å². The summed E-state index contributed by atoms with van der Waals surface area (Å²) < 4.78 is 5.49. The normalized spacial score (nSPS) is 14.6. The van der Waals surface area contributed by atoms with Crippen LogP contribution < -0.4 is 0 Å². The van der Waals surface area contributed by atoms with Gasteiger partial charge in [-0.3, -0.25) is 0 Å². The first kappa shape index (κ1) is 21.4. The Bertz CT molecular complexity index is 1460. The molecule has 3 aromatic carbocycles. The maximum atomic E-state index is 12.7. The molecular weight excluding hydrogens is 452 g/mol. The van der Waals surface area contributed by atoms with Gasteiger partial charge < -0.3 is 4.74 Å². The van der Waals surface area contributed by atoms with Crippen LogP contribution in [0.5, 0.6) is 0 Å². The van der Waals surface area contributed by atoms with Crippen LogP contribution >= 0.6 is 23.4 Å². The van der Waals surface area contributed by atoms with Gasteiger partial charge in [-0.25, -0.2) is 14.8 Å². The van der Waals surface area contributed by atoms with Gasteiger partial charge in [0, 0.05) is 26.4 Å². The van der Waals surface area contributed by atoms with Crippen LogP contribution in [0.2, 0.25) is 5.02 Å². The van der Waals surface area contributed by atoms with Crippen LogP contribution in [-0.4, -0.2) is 16.9 Å². The lowest BCUT2D eigenvalue weighted by atomic mass is 10.1. The molecule has 0 unspecified atom stereocenters. The topological polar surface area (TPSA) is 51.6 Å². The molecule has 0 aliphatic carbocycles. The number of hydrogen-bond donors (Lipinski definition) is 0. The van der Waals surface area contributed by atoms with Crippen molar-refractivity contribution in [3.63, 3.8) is 0 Å². The first-order valence-corrected chi connectivity index (χ1v) is 11.6. The summed E-state index contributed by atoms with van der Waals surface area (Å²) in [6.45, 7) is 4.00. The van der Waals surface area contributed by atoms with Crippen molar-refractivity contribution in [1.82, 2.24) is 4.98 Å². The number of ether oxygens (including phenoxy) is 1. The summed E-state index contributed by atoms with van der Waals surface area (Å²) >= 11 is 7.55. The zero-order chi connectivity index (χ0) is 22.9. The molecule has 0 bridgehead atoms. The molecule has 162 valence electrons. The second-order valence-electron chi connectivity index (χ2n) is 7.79. The summed E-state index contributed by atoms with van der Waals surface area (Å²) in [4.78, 5) is 23.0. The number of nitrogens with zero attached hydrogens (tertiary/aromatic N) is 2. The van der Waals surface area contributed by atoms with Crippen molar-refractivity contribution >= 4 is 52.2 Å². The number of cyclic esters (lactones) is 1. The monoisotopic (exact) mass is 470 g/mol. The molecule has 0 spiro atoms. The van der Waals surface area contributed by atoms with Crippen LogP contribution in [-0.2, 0) is 9.53 Å². The van der Waals surface area contributed by atoms with E-state index in [1.807, 2.05) is 80.6 Å². The molecule has 0 amide bonds. The number of benzene rings is 3. The summed E-state index contributed by atoms with van der Waals surface area (Å²) in [6, 6.07) is 23.4. The third-order valence-electron chi connectivity index (χ3n) is 5.28. The number of aliphatic imine (C=N–C) groups is 1. The van der Waals surface area contributed by atoms with Gasteiger partial charge in [-0.2, -0.15) is 0 Å². The van der Waals surface area contributed by atoms with Crippen molar-refractivity contribution in [3.8, 4) is 0 Å². The largest absolute Gasteiger partial charge is 0.402 e. The minimum atomic E-state index is -0.472. The minimum absolute atomic E-state index is 0.250. The summed E-state index contributed by atoms with van der Waals surface area (Å²) in [6.07, 6.45) is 1.75. The number of aryl methyl sites for hydroxylation is 2. The van der Waals surface area contributed by atoms with E-state index in [4.69, 9.17) is 21.3 Å². The van der Waals surface area contributed by atoms with Gasteiger partial charge in [0.1, 0.15) is 5.03 Å². The Labute approximate surface area is 201 Å². The van der Waals surface area contributed by atoms with Crippen LogP contribution in [0.4, 0.5) is 0 Å². The van der Waals surface area contributed by atoms with E-state index in [2.05, 4.69) is 11.1 Å². The van der Waals surface area contributed by atoms with Gasteiger partial charge in [0.25, 0.3) is 0 Å². The molecule has 0 saturated heterocycles.